The van der Waals surface area contributed by atoms with Crippen LogP contribution in [0, 0.1) is 0 Å². The van der Waals surface area contributed by atoms with Crippen LogP contribution in [0.1, 0.15) is 10.9 Å². The van der Waals surface area contributed by atoms with Gasteiger partial charge in [-0.05, 0) is 48.1 Å². The average molecular weight is 399 g/mol. The minimum absolute atomic E-state index is 0.191. The third-order valence-electron chi connectivity index (χ3n) is 3.71. The molecule has 3 nitrogen and oxygen atoms in total. The first-order chi connectivity index (χ1) is 11.6. The number of benzene rings is 2. The van der Waals surface area contributed by atoms with Crippen LogP contribution in [0.2, 0.25) is 10.0 Å². The number of nitrogens with zero attached hydrogens (tertiary/aromatic N) is 1. The van der Waals surface area contributed by atoms with Gasteiger partial charge in [-0.25, -0.2) is 0 Å². The maximum absolute atomic E-state index is 6.17. The molecule has 0 bridgehead atoms. The molecular formula is C17H16Cl2N2OS2. The van der Waals surface area contributed by atoms with Gasteiger partial charge < -0.3 is 15.0 Å². The fourth-order valence-electron chi connectivity index (χ4n) is 2.52. The van der Waals surface area contributed by atoms with E-state index in [4.69, 9.17) is 40.2 Å². The number of halogens is 2. The van der Waals surface area contributed by atoms with Gasteiger partial charge in [0.1, 0.15) is 11.1 Å². The minimum atomic E-state index is 0.191. The number of nitrogens with one attached hydrogen (secondary N) is 1. The standard InChI is InChI=1S/C17H16Cl2N2OS2/c1-22-15-7-6-13(10-14(15)19)20-17(23)21-8-9-24-16(21)11-2-4-12(18)5-3-11/h2-7,10,16H,8-9H2,1H3,(H,20,23). The molecule has 0 radical (unpaired) electrons. The zero-order valence-corrected chi connectivity index (χ0v) is 16.1. The molecule has 1 heterocycles. The lowest BCUT2D eigenvalue weighted by atomic mass is 10.2. The monoisotopic (exact) mass is 398 g/mol. The van der Waals surface area contributed by atoms with Gasteiger partial charge in [0, 0.05) is 23.0 Å². The number of thioether (sulfide) groups is 1. The Kier molecular flexibility index (Phi) is 5.76. The smallest absolute Gasteiger partial charge is 0.174 e. The van der Waals surface area contributed by atoms with Gasteiger partial charge in [0.15, 0.2) is 5.11 Å². The maximum atomic E-state index is 6.17. The van der Waals surface area contributed by atoms with Crippen LogP contribution in [0.3, 0.4) is 0 Å². The van der Waals surface area contributed by atoms with E-state index in [1.807, 2.05) is 54.2 Å². The molecule has 0 saturated carbocycles. The van der Waals surface area contributed by atoms with Crippen molar-refractivity contribution in [3.05, 3.63) is 58.1 Å². The van der Waals surface area contributed by atoms with E-state index in [1.54, 1.807) is 7.11 Å². The lowest BCUT2D eigenvalue weighted by Crippen LogP contribution is -2.34. The molecule has 0 aromatic heterocycles. The quantitative estimate of drug-likeness (QED) is 0.693. The molecule has 24 heavy (non-hydrogen) atoms. The van der Waals surface area contributed by atoms with Crippen LogP contribution >= 0.6 is 47.2 Å². The van der Waals surface area contributed by atoms with Gasteiger partial charge in [-0.2, -0.15) is 0 Å². The second-order valence-electron chi connectivity index (χ2n) is 5.25. The summed E-state index contributed by atoms with van der Waals surface area (Å²) < 4.78 is 5.17. The first-order valence-corrected chi connectivity index (χ1v) is 9.58. The number of hydrogen-bond donors (Lipinski definition) is 1. The molecule has 0 amide bonds. The number of anilines is 1. The van der Waals surface area contributed by atoms with Crippen molar-refractivity contribution in [3.8, 4) is 5.75 Å². The predicted molar refractivity (Wildman–Crippen MR) is 108 cm³/mol. The molecular weight excluding hydrogens is 383 g/mol. The van der Waals surface area contributed by atoms with Gasteiger partial charge in [-0.15, -0.1) is 11.8 Å². The Balaban J connectivity index is 1.74. The van der Waals surface area contributed by atoms with E-state index in [9.17, 15) is 0 Å². The Morgan fingerprint density at radius 1 is 1.25 bits per heavy atom. The zero-order chi connectivity index (χ0) is 17.1. The van der Waals surface area contributed by atoms with Crippen molar-refractivity contribution in [2.24, 2.45) is 0 Å². The fourth-order valence-corrected chi connectivity index (χ4v) is 4.55. The third-order valence-corrected chi connectivity index (χ3v) is 5.85. The SMILES string of the molecule is COc1ccc(NC(=S)N2CCSC2c2ccc(Cl)cc2)cc1Cl. The Morgan fingerprint density at radius 3 is 2.67 bits per heavy atom. The molecule has 0 aliphatic carbocycles. The van der Waals surface area contributed by atoms with E-state index in [2.05, 4.69) is 10.2 Å². The molecule has 7 heteroatoms. The van der Waals surface area contributed by atoms with Gasteiger partial charge in [-0.3, -0.25) is 0 Å². The number of hydrogen-bond acceptors (Lipinski definition) is 3. The van der Waals surface area contributed by atoms with Crippen molar-refractivity contribution in [1.82, 2.24) is 4.90 Å². The summed E-state index contributed by atoms with van der Waals surface area (Å²) in [6.07, 6.45) is 0. The van der Waals surface area contributed by atoms with Crippen molar-refractivity contribution in [2.75, 3.05) is 24.7 Å². The highest BCUT2D eigenvalue weighted by Crippen LogP contribution is 2.38. The first kappa shape index (κ1) is 17.7. The third kappa shape index (κ3) is 3.91. The van der Waals surface area contributed by atoms with Crippen LogP contribution in [0.25, 0.3) is 0 Å². The van der Waals surface area contributed by atoms with Crippen LogP contribution in [0.4, 0.5) is 5.69 Å². The van der Waals surface area contributed by atoms with Crippen molar-refractivity contribution in [2.45, 2.75) is 5.37 Å². The molecule has 1 N–H and O–H groups in total. The molecule has 1 atom stereocenters. The summed E-state index contributed by atoms with van der Waals surface area (Å²) in [6, 6.07) is 13.4. The highest BCUT2D eigenvalue weighted by molar-refractivity contribution is 7.99. The summed E-state index contributed by atoms with van der Waals surface area (Å²) in [4.78, 5) is 2.18. The summed E-state index contributed by atoms with van der Waals surface area (Å²) in [5.74, 6) is 1.67. The molecule has 1 saturated heterocycles. The van der Waals surface area contributed by atoms with Crippen molar-refractivity contribution in [1.29, 1.82) is 0 Å². The average Bonchev–Trinajstić information content (AvgIpc) is 3.05. The normalized spacial score (nSPS) is 17.0. The van der Waals surface area contributed by atoms with Gasteiger partial charge >= 0.3 is 0 Å². The van der Waals surface area contributed by atoms with E-state index in [0.717, 1.165) is 23.0 Å². The summed E-state index contributed by atoms with van der Waals surface area (Å²) in [5, 5.41) is 5.43. The van der Waals surface area contributed by atoms with Crippen molar-refractivity contribution < 1.29 is 4.74 Å². The lowest BCUT2D eigenvalue weighted by Gasteiger charge is -2.27. The Morgan fingerprint density at radius 2 is 2.00 bits per heavy atom. The van der Waals surface area contributed by atoms with E-state index in [0.29, 0.717) is 15.9 Å². The Hall–Kier alpha value is -1.14. The summed E-state index contributed by atoms with van der Waals surface area (Å²) >= 11 is 19.6. The molecule has 3 rings (SSSR count). The lowest BCUT2D eigenvalue weighted by molar-refractivity contribution is 0.415. The zero-order valence-electron chi connectivity index (χ0n) is 13.0. The second-order valence-corrected chi connectivity index (χ2v) is 7.67. The molecule has 1 aliphatic heterocycles. The summed E-state index contributed by atoms with van der Waals surface area (Å²) in [5.41, 5.74) is 2.04. The molecule has 2 aromatic rings. The Bertz CT molecular complexity index is 740. The number of rotatable bonds is 3. The van der Waals surface area contributed by atoms with E-state index in [-0.39, 0.29) is 5.37 Å². The fraction of sp³-hybridized carbons (Fsp3) is 0.235. The van der Waals surface area contributed by atoms with Crippen LogP contribution in [0.5, 0.6) is 5.75 Å². The Labute approximate surface area is 161 Å². The van der Waals surface area contributed by atoms with Crippen LogP contribution in [-0.2, 0) is 0 Å². The van der Waals surface area contributed by atoms with E-state index in [1.165, 1.54) is 5.56 Å². The number of ether oxygens (including phenoxy) is 1. The number of thiocarbonyl (C=S) groups is 1. The minimum Gasteiger partial charge on any atom is -0.495 e. The molecule has 2 aromatic carbocycles. The number of methoxy groups -OCH3 is 1. The van der Waals surface area contributed by atoms with E-state index >= 15 is 0 Å². The van der Waals surface area contributed by atoms with Gasteiger partial charge in [0.2, 0.25) is 0 Å². The van der Waals surface area contributed by atoms with Crippen molar-refractivity contribution >= 4 is 58.0 Å². The van der Waals surface area contributed by atoms with Crippen LogP contribution in [0.15, 0.2) is 42.5 Å². The highest BCUT2D eigenvalue weighted by Gasteiger charge is 2.28. The first-order valence-electron chi connectivity index (χ1n) is 7.36. The summed E-state index contributed by atoms with van der Waals surface area (Å²) in [7, 11) is 1.59. The summed E-state index contributed by atoms with van der Waals surface area (Å²) in [6.45, 7) is 0.897. The largest absolute Gasteiger partial charge is 0.495 e. The van der Waals surface area contributed by atoms with Crippen LogP contribution in [-0.4, -0.2) is 29.4 Å². The second kappa shape index (κ2) is 7.83. The molecule has 126 valence electrons. The molecule has 1 unspecified atom stereocenters. The van der Waals surface area contributed by atoms with Gasteiger partial charge in [0.25, 0.3) is 0 Å². The van der Waals surface area contributed by atoms with Crippen molar-refractivity contribution in [3.63, 3.8) is 0 Å². The molecule has 1 fully saturated rings. The highest BCUT2D eigenvalue weighted by atomic mass is 35.5. The van der Waals surface area contributed by atoms with Crippen LogP contribution < -0.4 is 10.1 Å². The molecule has 1 aliphatic rings. The molecule has 0 spiro atoms. The van der Waals surface area contributed by atoms with E-state index < -0.39 is 0 Å². The maximum Gasteiger partial charge on any atom is 0.174 e. The van der Waals surface area contributed by atoms with Gasteiger partial charge in [-0.1, -0.05) is 35.3 Å². The van der Waals surface area contributed by atoms with Gasteiger partial charge in [0.05, 0.1) is 12.1 Å². The topological polar surface area (TPSA) is 24.5 Å². The predicted octanol–water partition coefficient (Wildman–Crippen LogP) is 5.45.